The lowest BCUT2D eigenvalue weighted by Gasteiger charge is -2.07. The fraction of sp³-hybridized carbons (Fsp3) is 0.222. The van der Waals surface area contributed by atoms with Gasteiger partial charge in [-0.15, -0.1) is 0 Å². The largest absolute Gasteiger partial charge is 0.387 e. The van der Waals surface area contributed by atoms with Crippen LogP contribution < -0.4 is 10.6 Å². The van der Waals surface area contributed by atoms with Gasteiger partial charge in [0.05, 0.1) is 5.56 Å². The van der Waals surface area contributed by atoms with Crippen LogP contribution in [-0.4, -0.2) is 19.9 Å². The second-order valence-corrected chi connectivity index (χ2v) is 3.31. The predicted octanol–water partition coefficient (Wildman–Crippen LogP) is 1.85. The van der Waals surface area contributed by atoms with Crippen molar-refractivity contribution >= 4 is 27.5 Å². The van der Waals surface area contributed by atoms with Crippen molar-refractivity contribution < 1.29 is 8.91 Å². The molecule has 13 heavy (non-hydrogen) atoms. The second-order valence-electron chi connectivity index (χ2n) is 2.39. The first-order valence-corrected chi connectivity index (χ1v) is 4.42. The van der Waals surface area contributed by atoms with Gasteiger partial charge >= 0.3 is 0 Å². The molecule has 1 amide bonds. The minimum atomic E-state index is -2.32. The number of halogens is 1. The van der Waals surface area contributed by atoms with Crippen LogP contribution in [0.2, 0.25) is 0 Å². The molecule has 0 aliphatic rings. The Balaban J connectivity index is 3.13. The molecule has 0 radical (unpaired) electrons. The van der Waals surface area contributed by atoms with Crippen LogP contribution in [0.3, 0.4) is 0 Å². The Labute approximate surface area is 89.9 Å². The molecule has 3 nitrogen and oxygen atoms in total. The standard InChI is InChI=1S/C9H11BrN2O/c1-11-8-4-3-6(10)5-7(8)9(13)12-2/h3-5,11H,1-2H3,(H,12,13)/i1D3. The third kappa shape index (κ3) is 2.21. The highest BCUT2D eigenvalue weighted by Gasteiger charge is 2.08. The van der Waals surface area contributed by atoms with E-state index < -0.39 is 6.98 Å². The lowest BCUT2D eigenvalue weighted by molar-refractivity contribution is 0.0964. The number of carbonyl (C=O) groups is 1. The lowest BCUT2D eigenvalue weighted by atomic mass is 10.1. The highest BCUT2D eigenvalue weighted by atomic mass is 79.9. The molecule has 0 heterocycles. The average Bonchev–Trinajstić information content (AvgIpc) is 2.17. The smallest absolute Gasteiger partial charge is 0.253 e. The number of hydrogen-bond acceptors (Lipinski definition) is 2. The Morgan fingerprint density at radius 1 is 1.62 bits per heavy atom. The number of amides is 1. The molecule has 0 bridgehead atoms. The fourth-order valence-electron chi connectivity index (χ4n) is 0.948. The molecule has 0 aliphatic heterocycles. The maximum Gasteiger partial charge on any atom is 0.253 e. The van der Waals surface area contributed by atoms with Gasteiger partial charge in [-0.25, -0.2) is 0 Å². The first kappa shape index (κ1) is 6.43. The van der Waals surface area contributed by atoms with Crippen molar-refractivity contribution in [2.75, 3.05) is 19.3 Å². The zero-order valence-electron chi connectivity index (χ0n) is 10.0. The van der Waals surface area contributed by atoms with Crippen LogP contribution >= 0.6 is 15.9 Å². The Morgan fingerprint density at radius 2 is 2.38 bits per heavy atom. The van der Waals surface area contributed by atoms with Crippen molar-refractivity contribution in [3.63, 3.8) is 0 Å². The minimum absolute atomic E-state index is 0.280. The van der Waals surface area contributed by atoms with Crippen molar-refractivity contribution in [3.8, 4) is 0 Å². The van der Waals surface area contributed by atoms with E-state index in [1.165, 1.54) is 7.05 Å². The summed E-state index contributed by atoms with van der Waals surface area (Å²) < 4.78 is 22.0. The summed E-state index contributed by atoms with van der Waals surface area (Å²) in [5.41, 5.74) is 0.565. The Bertz CT molecular complexity index is 406. The highest BCUT2D eigenvalue weighted by Crippen LogP contribution is 2.20. The molecule has 1 rings (SSSR count). The van der Waals surface area contributed by atoms with Gasteiger partial charge in [-0.1, -0.05) is 15.9 Å². The van der Waals surface area contributed by atoms with Crippen LogP contribution in [0.25, 0.3) is 0 Å². The summed E-state index contributed by atoms with van der Waals surface area (Å²) in [6.45, 7) is -2.32. The summed E-state index contributed by atoms with van der Waals surface area (Å²) in [7, 11) is 1.49. The van der Waals surface area contributed by atoms with Gasteiger partial charge in [-0.05, 0) is 18.2 Å². The van der Waals surface area contributed by atoms with Crippen molar-refractivity contribution in [2.24, 2.45) is 0 Å². The van der Waals surface area contributed by atoms with Gasteiger partial charge in [-0.3, -0.25) is 4.79 Å². The number of carbonyl (C=O) groups excluding carboxylic acids is 1. The van der Waals surface area contributed by atoms with Gasteiger partial charge in [0.25, 0.3) is 5.91 Å². The molecule has 2 N–H and O–H groups in total. The number of nitrogens with one attached hydrogen (secondary N) is 2. The van der Waals surface area contributed by atoms with E-state index in [1.54, 1.807) is 18.2 Å². The first-order chi connectivity index (χ1) is 7.33. The van der Waals surface area contributed by atoms with Crippen molar-refractivity contribution in [2.45, 2.75) is 0 Å². The van der Waals surface area contributed by atoms with E-state index in [9.17, 15) is 4.79 Å². The molecular weight excluding hydrogens is 232 g/mol. The number of benzene rings is 1. The maximum absolute atomic E-state index is 11.5. The topological polar surface area (TPSA) is 41.1 Å². The molecular formula is C9H11BrN2O. The van der Waals surface area contributed by atoms with Gasteiger partial charge in [0.15, 0.2) is 0 Å². The SMILES string of the molecule is [2H]C([2H])([2H])Nc1ccc(Br)cc1C(=O)NC. The molecule has 0 unspecified atom stereocenters. The summed E-state index contributed by atoms with van der Waals surface area (Å²) in [5.74, 6) is -0.340. The zero-order valence-corrected chi connectivity index (χ0v) is 8.60. The number of rotatable bonds is 2. The Hall–Kier alpha value is -1.03. The average molecular weight is 246 g/mol. The quantitative estimate of drug-likeness (QED) is 0.836. The van der Waals surface area contributed by atoms with E-state index in [4.69, 9.17) is 4.11 Å². The molecule has 0 aromatic heterocycles. The monoisotopic (exact) mass is 245 g/mol. The van der Waals surface area contributed by atoms with Crippen LogP contribution in [0, 0.1) is 0 Å². The van der Waals surface area contributed by atoms with Gasteiger partial charge in [0, 0.05) is 28.3 Å². The van der Waals surface area contributed by atoms with Crippen molar-refractivity contribution in [3.05, 3.63) is 28.2 Å². The second kappa shape index (κ2) is 4.28. The van der Waals surface area contributed by atoms with Gasteiger partial charge in [0.2, 0.25) is 0 Å². The summed E-state index contributed by atoms with van der Waals surface area (Å²) in [4.78, 5) is 11.5. The molecule has 0 spiro atoms. The summed E-state index contributed by atoms with van der Waals surface area (Å²) in [6.07, 6.45) is 0. The molecule has 0 aliphatic carbocycles. The molecule has 4 heteroatoms. The molecule has 0 saturated heterocycles. The maximum atomic E-state index is 11.5. The van der Waals surface area contributed by atoms with Crippen LogP contribution in [0.1, 0.15) is 14.5 Å². The van der Waals surface area contributed by atoms with E-state index in [-0.39, 0.29) is 17.2 Å². The van der Waals surface area contributed by atoms with E-state index in [2.05, 4.69) is 26.6 Å². The van der Waals surface area contributed by atoms with Gasteiger partial charge in [-0.2, -0.15) is 0 Å². The molecule has 1 aromatic carbocycles. The van der Waals surface area contributed by atoms with E-state index in [1.807, 2.05) is 0 Å². The molecule has 1 aromatic rings. The fourth-order valence-corrected chi connectivity index (χ4v) is 1.31. The molecule has 70 valence electrons. The van der Waals surface area contributed by atoms with Gasteiger partial charge < -0.3 is 10.6 Å². The third-order valence-electron chi connectivity index (χ3n) is 1.59. The Kier molecular flexibility index (Phi) is 2.11. The van der Waals surface area contributed by atoms with Crippen LogP contribution in [-0.2, 0) is 0 Å². The van der Waals surface area contributed by atoms with Crippen LogP contribution in [0.5, 0.6) is 0 Å². The van der Waals surface area contributed by atoms with Gasteiger partial charge in [0.1, 0.15) is 0 Å². The highest BCUT2D eigenvalue weighted by molar-refractivity contribution is 9.10. The summed E-state index contributed by atoms with van der Waals surface area (Å²) in [6, 6.07) is 4.77. The molecule has 0 fully saturated rings. The normalized spacial score (nSPS) is 13.8. The van der Waals surface area contributed by atoms with Crippen molar-refractivity contribution in [1.82, 2.24) is 5.32 Å². The van der Waals surface area contributed by atoms with Crippen LogP contribution in [0.4, 0.5) is 5.69 Å². The lowest BCUT2D eigenvalue weighted by Crippen LogP contribution is -2.19. The Morgan fingerprint density at radius 3 is 3.00 bits per heavy atom. The number of anilines is 1. The predicted molar refractivity (Wildman–Crippen MR) is 57.1 cm³/mol. The number of hydrogen-bond donors (Lipinski definition) is 2. The third-order valence-corrected chi connectivity index (χ3v) is 2.08. The summed E-state index contributed by atoms with van der Waals surface area (Å²) >= 11 is 3.23. The van der Waals surface area contributed by atoms with Crippen LogP contribution in [0.15, 0.2) is 22.7 Å². The van der Waals surface area contributed by atoms with E-state index >= 15 is 0 Å². The molecule has 0 atom stereocenters. The minimum Gasteiger partial charge on any atom is -0.387 e. The van der Waals surface area contributed by atoms with E-state index in [0.717, 1.165) is 0 Å². The first-order valence-electron chi connectivity index (χ1n) is 5.13. The van der Waals surface area contributed by atoms with Crippen molar-refractivity contribution in [1.29, 1.82) is 0 Å². The molecule has 0 saturated carbocycles. The van der Waals surface area contributed by atoms with E-state index in [0.29, 0.717) is 4.47 Å². The summed E-state index contributed by atoms with van der Waals surface area (Å²) in [5, 5.41) is 4.76. The zero-order chi connectivity index (χ0) is 12.3.